The van der Waals surface area contributed by atoms with Crippen molar-refractivity contribution in [3.63, 3.8) is 0 Å². The molecule has 72 valence electrons. The second-order valence-corrected chi connectivity index (χ2v) is 4.09. The van der Waals surface area contributed by atoms with E-state index in [2.05, 4.69) is 27.0 Å². The molecule has 0 fully saturated rings. The van der Waals surface area contributed by atoms with Gasteiger partial charge in [-0.25, -0.2) is 0 Å². The molecule has 14 heavy (non-hydrogen) atoms. The largest absolute Gasteiger partial charge is 0.330 e. The molecular formula is C11H11BrN2. The minimum absolute atomic E-state index is 0.672. The highest BCUT2D eigenvalue weighted by molar-refractivity contribution is 9.10. The van der Waals surface area contributed by atoms with Crippen molar-refractivity contribution in [2.75, 3.05) is 6.54 Å². The SMILES string of the molecule is NCCc1ccnc2ccc(Br)cc12. The fourth-order valence-corrected chi connectivity index (χ4v) is 1.91. The van der Waals surface area contributed by atoms with Gasteiger partial charge in [0.05, 0.1) is 5.52 Å². The molecule has 0 atom stereocenters. The van der Waals surface area contributed by atoms with Gasteiger partial charge in [0, 0.05) is 16.1 Å². The minimum atomic E-state index is 0.672. The Morgan fingerprint density at radius 2 is 2.14 bits per heavy atom. The standard InChI is InChI=1S/C11H11BrN2/c12-9-1-2-11-10(7-9)8(3-5-13)4-6-14-11/h1-2,4,6-7H,3,5,13H2. The Morgan fingerprint density at radius 1 is 1.29 bits per heavy atom. The molecule has 2 aromatic rings. The normalized spacial score (nSPS) is 10.7. The van der Waals surface area contributed by atoms with Crippen LogP contribution in [0.2, 0.25) is 0 Å². The van der Waals surface area contributed by atoms with Crippen molar-refractivity contribution < 1.29 is 0 Å². The number of pyridine rings is 1. The van der Waals surface area contributed by atoms with Gasteiger partial charge in [-0.3, -0.25) is 4.98 Å². The first-order valence-electron chi connectivity index (χ1n) is 4.54. The van der Waals surface area contributed by atoms with Gasteiger partial charge in [0.15, 0.2) is 0 Å². The smallest absolute Gasteiger partial charge is 0.0705 e. The zero-order valence-electron chi connectivity index (χ0n) is 7.70. The van der Waals surface area contributed by atoms with Crippen LogP contribution < -0.4 is 5.73 Å². The van der Waals surface area contributed by atoms with Crippen LogP contribution in [0.1, 0.15) is 5.56 Å². The Kier molecular flexibility index (Phi) is 2.79. The van der Waals surface area contributed by atoms with Gasteiger partial charge in [-0.15, -0.1) is 0 Å². The minimum Gasteiger partial charge on any atom is -0.330 e. The number of hydrogen-bond donors (Lipinski definition) is 1. The summed E-state index contributed by atoms with van der Waals surface area (Å²) in [4.78, 5) is 4.30. The average molecular weight is 251 g/mol. The van der Waals surface area contributed by atoms with Gasteiger partial charge in [-0.05, 0) is 42.8 Å². The molecule has 3 heteroatoms. The van der Waals surface area contributed by atoms with Crippen LogP contribution in [0.25, 0.3) is 10.9 Å². The molecule has 2 rings (SSSR count). The third-order valence-electron chi connectivity index (χ3n) is 2.21. The first-order chi connectivity index (χ1) is 6.81. The Hall–Kier alpha value is -0.930. The summed E-state index contributed by atoms with van der Waals surface area (Å²) in [5, 5.41) is 1.19. The van der Waals surface area contributed by atoms with Crippen molar-refractivity contribution in [2.24, 2.45) is 5.73 Å². The van der Waals surface area contributed by atoms with Crippen molar-refractivity contribution in [3.8, 4) is 0 Å². The van der Waals surface area contributed by atoms with E-state index in [9.17, 15) is 0 Å². The molecule has 0 amide bonds. The van der Waals surface area contributed by atoms with Crippen LogP contribution in [0.4, 0.5) is 0 Å². The van der Waals surface area contributed by atoms with Gasteiger partial charge in [0.1, 0.15) is 0 Å². The predicted octanol–water partition coefficient (Wildman–Crippen LogP) is 2.50. The monoisotopic (exact) mass is 250 g/mol. The lowest BCUT2D eigenvalue weighted by atomic mass is 10.1. The second kappa shape index (κ2) is 4.07. The highest BCUT2D eigenvalue weighted by Crippen LogP contribution is 2.21. The van der Waals surface area contributed by atoms with Gasteiger partial charge in [-0.2, -0.15) is 0 Å². The number of benzene rings is 1. The number of halogens is 1. The molecule has 0 unspecified atom stereocenters. The number of fused-ring (bicyclic) bond motifs is 1. The summed E-state index contributed by atoms with van der Waals surface area (Å²) in [6, 6.07) is 8.13. The van der Waals surface area contributed by atoms with Gasteiger partial charge >= 0.3 is 0 Å². The third kappa shape index (κ3) is 1.79. The number of hydrogen-bond acceptors (Lipinski definition) is 2. The summed E-state index contributed by atoms with van der Waals surface area (Å²) < 4.78 is 1.08. The van der Waals surface area contributed by atoms with Gasteiger partial charge in [0.2, 0.25) is 0 Å². The van der Waals surface area contributed by atoms with E-state index in [1.165, 1.54) is 10.9 Å². The van der Waals surface area contributed by atoms with Crippen molar-refractivity contribution in [1.82, 2.24) is 4.98 Å². The summed E-state index contributed by atoms with van der Waals surface area (Å²) in [6.07, 6.45) is 2.73. The number of nitrogens with zero attached hydrogens (tertiary/aromatic N) is 1. The maximum Gasteiger partial charge on any atom is 0.0705 e. The van der Waals surface area contributed by atoms with Crippen LogP contribution in [0.5, 0.6) is 0 Å². The quantitative estimate of drug-likeness (QED) is 0.890. The molecule has 0 radical (unpaired) electrons. The molecule has 1 heterocycles. The predicted molar refractivity (Wildman–Crippen MR) is 62.2 cm³/mol. The first kappa shape index (κ1) is 9.62. The summed E-state index contributed by atoms with van der Waals surface area (Å²) in [5.41, 5.74) is 7.85. The van der Waals surface area contributed by atoms with Crippen LogP contribution in [-0.4, -0.2) is 11.5 Å². The Bertz CT molecular complexity index is 454. The molecule has 0 saturated carbocycles. The number of nitrogens with two attached hydrogens (primary N) is 1. The van der Waals surface area contributed by atoms with Crippen LogP contribution in [0, 0.1) is 0 Å². The molecule has 2 N–H and O–H groups in total. The molecule has 2 nitrogen and oxygen atoms in total. The highest BCUT2D eigenvalue weighted by Gasteiger charge is 2.01. The Labute approximate surface area is 91.3 Å². The van der Waals surface area contributed by atoms with E-state index < -0.39 is 0 Å². The summed E-state index contributed by atoms with van der Waals surface area (Å²) in [7, 11) is 0. The van der Waals surface area contributed by atoms with Crippen LogP contribution in [-0.2, 0) is 6.42 Å². The maximum atomic E-state index is 5.56. The lowest BCUT2D eigenvalue weighted by molar-refractivity contribution is 0.975. The average Bonchev–Trinajstić information content (AvgIpc) is 2.19. The topological polar surface area (TPSA) is 38.9 Å². The van der Waals surface area contributed by atoms with Crippen molar-refractivity contribution in [1.29, 1.82) is 0 Å². The van der Waals surface area contributed by atoms with Crippen LogP contribution in [0.3, 0.4) is 0 Å². The molecule has 1 aromatic heterocycles. The Morgan fingerprint density at radius 3 is 2.93 bits per heavy atom. The lowest BCUT2D eigenvalue weighted by Gasteiger charge is -2.04. The fraction of sp³-hybridized carbons (Fsp3) is 0.182. The second-order valence-electron chi connectivity index (χ2n) is 3.17. The zero-order chi connectivity index (χ0) is 9.97. The van der Waals surface area contributed by atoms with Crippen molar-refractivity contribution in [2.45, 2.75) is 6.42 Å². The third-order valence-corrected chi connectivity index (χ3v) is 2.70. The molecule has 0 spiro atoms. The summed E-state index contributed by atoms with van der Waals surface area (Å²) in [6.45, 7) is 0.672. The molecular weight excluding hydrogens is 240 g/mol. The molecule has 0 aliphatic rings. The lowest BCUT2D eigenvalue weighted by Crippen LogP contribution is -2.03. The van der Waals surface area contributed by atoms with Gasteiger partial charge in [-0.1, -0.05) is 15.9 Å². The Balaban J connectivity index is 2.64. The summed E-state index contributed by atoms with van der Waals surface area (Å²) >= 11 is 3.46. The van der Waals surface area contributed by atoms with E-state index in [0.29, 0.717) is 6.54 Å². The van der Waals surface area contributed by atoms with E-state index in [4.69, 9.17) is 5.73 Å². The number of rotatable bonds is 2. The van der Waals surface area contributed by atoms with E-state index in [0.717, 1.165) is 16.4 Å². The highest BCUT2D eigenvalue weighted by atomic mass is 79.9. The first-order valence-corrected chi connectivity index (χ1v) is 5.34. The molecule has 0 saturated heterocycles. The van der Waals surface area contributed by atoms with E-state index in [1.54, 1.807) is 0 Å². The summed E-state index contributed by atoms with van der Waals surface area (Å²) in [5.74, 6) is 0. The van der Waals surface area contributed by atoms with Crippen LogP contribution >= 0.6 is 15.9 Å². The molecule has 0 aliphatic carbocycles. The van der Waals surface area contributed by atoms with E-state index in [1.807, 2.05) is 24.4 Å². The zero-order valence-corrected chi connectivity index (χ0v) is 9.29. The molecule has 0 bridgehead atoms. The molecule has 1 aromatic carbocycles. The van der Waals surface area contributed by atoms with Crippen LogP contribution in [0.15, 0.2) is 34.9 Å². The van der Waals surface area contributed by atoms with Crippen molar-refractivity contribution in [3.05, 3.63) is 40.5 Å². The number of aromatic nitrogens is 1. The van der Waals surface area contributed by atoms with Gasteiger partial charge < -0.3 is 5.73 Å². The van der Waals surface area contributed by atoms with E-state index >= 15 is 0 Å². The molecule has 0 aliphatic heterocycles. The van der Waals surface area contributed by atoms with Crippen molar-refractivity contribution >= 4 is 26.8 Å². The maximum absolute atomic E-state index is 5.56. The van der Waals surface area contributed by atoms with Gasteiger partial charge in [0.25, 0.3) is 0 Å². The van der Waals surface area contributed by atoms with E-state index in [-0.39, 0.29) is 0 Å². The fourth-order valence-electron chi connectivity index (χ4n) is 1.55.